The highest BCUT2D eigenvalue weighted by Crippen LogP contribution is 2.45. The first kappa shape index (κ1) is 32.7. The van der Waals surface area contributed by atoms with E-state index in [9.17, 15) is 0 Å². The van der Waals surface area contributed by atoms with Gasteiger partial charge in [-0.15, -0.1) is 0 Å². The third-order valence-corrected chi connectivity index (χ3v) is 10.9. The van der Waals surface area contributed by atoms with Gasteiger partial charge in [-0.05, 0) is 79.2 Å². The summed E-state index contributed by atoms with van der Waals surface area (Å²) >= 11 is 0. The number of benzene rings is 9. The third kappa shape index (κ3) is 5.66. The molecule has 2 aromatic heterocycles. The van der Waals surface area contributed by atoms with Crippen LogP contribution in [0.25, 0.3) is 111 Å². The van der Waals surface area contributed by atoms with Crippen molar-refractivity contribution in [2.75, 3.05) is 0 Å². The number of para-hydroxylation sites is 2. The molecule has 0 spiro atoms. The van der Waals surface area contributed by atoms with Crippen molar-refractivity contribution >= 4 is 43.5 Å². The Kier molecular flexibility index (Phi) is 7.78. The molecule has 266 valence electrons. The van der Waals surface area contributed by atoms with Crippen molar-refractivity contribution in [1.29, 1.82) is 0 Å². The van der Waals surface area contributed by atoms with Gasteiger partial charge in [0, 0.05) is 21.9 Å². The summed E-state index contributed by atoms with van der Waals surface area (Å²) in [7, 11) is 0. The average Bonchev–Trinajstić information content (AvgIpc) is 3.68. The highest BCUT2D eigenvalue weighted by Gasteiger charge is 2.20. The van der Waals surface area contributed by atoms with Crippen molar-refractivity contribution in [1.82, 2.24) is 15.0 Å². The molecule has 4 nitrogen and oxygen atoms in total. The van der Waals surface area contributed by atoms with E-state index < -0.39 is 0 Å². The molecule has 0 amide bonds. The lowest BCUT2D eigenvalue weighted by molar-refractivity contribution is 0.669. The van der Waals surface area contributed by atoms with Gasteiger partial charge in [0.2, 0.25) is 0 Å². The molecule has 4 heteroatoms. The van der Waals surface area contributed by atoms with Gasteiger partial charge in [-0.3, -0.25) is 0 Å². The smallest absolute Gasteiger partial charge is 0.167 e. The normalized spacial score (nSPS) is 11.5. The van der Waals surface area contributed by atoms with Crippen molar-refractivity contribution in [2.24, 2.45) is 0 Å². The number of nitrogens with zero attached hydrogens (tertiary/aromatic N) is 3. The minimum atomic E-state index is 0.562. The molecule has 0 saturated carbocycles. The van der Waals surface area contributed by atoms with E-state index in [2.05, 4.69) is 140 Å². The lowest BCUT2D eigenvalue weighted by Gasteiger charge is -2.18. The first-order valence-corrected chi connectivity index (χ1v) is 19.2. The van der Waals surface area contributed by atoms with Gasteiger partial charge in [0.25, 0.3) is 0 Å². The van der Waals surface area contributed by atoms with Gasteiger partial charge in [0.05, 0.1) is 5.56 Å². The summed E-state index contributed by atoms with van der Waals surface area (Å²) in [5.41, 5.74) is 11.3. The van der Waals surface area contributed by atoms with Crippen LogP contribution in [0.4, 0.5) is 0 Å². The third-order valence-electron chi connectivity index (χ3n) is 10.9. The van der Waals surface area contributed by atoms with Gasteiger partial charge in [0.1, 0.15) is 11.2 Å². The van der Waals surface area contributed by atoms with Crippen LogP contribution >= 0.6 is 0 Å². The summed E-state index contributed by atoms with van der Waals surface area (Å²) < 4.78 is 6.46. The first-order valence-electron chi connectivity index (χ1n) is 19.2. The zero-order valence-electron chi connectivity index (χ0n) is 30.8. The average molecular weight is 728 g/mol. The fraction of sp³-hybridized carbons (Fsp3) is 0. The van der Waals surface area contributed by atoms with Crippen molar-refractivity contribution in [2.45, 2.75) is 0 Å². The lowest BCUT2D eigenvalue weighted by Crippen LogP contribution is -2.00. The van der Waals surface area contributed by atoms with Crippen LogP contribution < -0.4 is 0 Å². The minimum Gasteiger partial charge on any atom is -0.455 e. The van der Waals surface area contributed by atoms with Crippen LogP contribution in [0.3, 0.4) is 0 Å². The molecule has 0 aliphatic carbocycles. The zero-order valence-corrected chi connectivity index (χ0v) is 30.8. The lowest BCUT2D eigenvalue weighted by atomic mass is 9.85. The molecule has 0 atom stereocenters. The second-order valence-corrected chi connectivity index (χ2v) is 14.3. The molecular formula is C53H33N3O. The van der Waals surface area contributed by atoms with E-state index in [0.717, 1.165) is 44.2 Å². The predicted molar refractivity (Wildman–Crippen MR) is 235 cm³/mol. The molecule has 11 aromatic rings. The second-order valence-electron chi connectivity index (χ2n) is 14.3. The van der Waals surface area contributed by atoms with Gasteiger partial charge in [-0.25, -0.2) is 15.0 Å². The number of hydrogen-bond donors (Lipinski definition) is 0. The highest BCUT2D eigenvalue weighted by molar-refractivity contribution is 6.21. The van der Waals surface area contributed by atoms with E-state index in [1.807, 2.05) is 60.7 Å². The van der Waals surface area contributed by atoms with Crippen molar-refractivity contribution in [3.8, 4) is 67.5 Å². The van der Waals surface area contributed by atoms with Crippen LogP contribution in [-0.4, -0.2) is 15.0 Å². The van der Waals surface area contributed by atoms with E-state index in [1.165, 1.54) is 49.4 Å². The Hall–Kier alpha value is -7.69. The monoisotopic (exact) mass is 727 g/mol. The van der Waals surface area contributed by atoms with Crippen molar-refractivity contribution in [3.05, 3.63) is 200 Å². The Morgan fingerprint density at radius 2 is 0.702 bits per heavy atom. The Balaban J connectivity index is 1.11. The SMILES string of the molecule is c1ccc(-c2cccc(-c3c4ccccc4c(-c4cccc(-c5nc(-c6ccccc6)nc(-c6cccc7c6oc6ccccc67)n5)c4)c4ccccc34)c2)cc1. The molecule has 0 bridgehead atoms. The van der Waals surface area contributed by atoms with E-state index in [1.54, 1.807) is 0 Å². The Bertz CT molecular complexity index is 3240. The number of hydrogen-bond acceptors (Lipinski definition) is 4. The molecule has 0 aliphatic rings. The van der Waals surface area contributed by atoms with Crippen LogP contribution in [0.1, 0.15) is 0 Å². The van der Waals surface area contributed by atoms with Gasteiger partial charge in [-0.1, -0.05) is 176 Å². The summed E-state index contributed by atoms with van der Waals surface area (Å²) in [5.74, 6) is 1.76. The Labute approximate surface area is 329 Å². The van der Waals surface area contributed by atoms with Crippen LogP contribution in [0, 0.1) is 0 Å². The summed E-state index contributed by atoms with van der Waals surface area (Å²) in [6, 6.07) is 70.1. The molecule has 0 saturated heterocycles. The largest absolute Gasteiger partial charge is 0.455 e. The van der Waals surface area contributed by atoms with Gasteiger partial charge in [0.15, 0.2) is 17.5 Å². The summed E-state index contributed by atoms with van der Waals surface area (Å²) in [5, 5.41) is 6.87. The maximum atomic E-state index is 6.46. The Morgan fingerprint density at radius 1 is 0.281 bits per heavy atom. The fourth-order valence-corrected chi connectivity index (χ4v) is 8.31. The first-order chi connectivity index (χ1) is 28.3. The van der Waals surface area contributed by atoms with E-state index in [4.69, 9.17) is 19.4 Å². The van der Waals surface area contributed by atoms with Gasteiger partial charge >= 0.3 is 0 Å². The topological polar surface area (TPSA) is 51.8 Å². The highest BCUT2D eigenvalue weighted by atomic mass is 16.3. The molecule has 9 aromatic carbocycles. The van der Waals surface area contributed by atoms with Gasteiger partial charge in [-0.2, -0.15) is 0 Å². The number of aromatic nitrogens is 3. The zero-order chi connectivity index (χ0) is 37.7. The number of fused-ring (bicyclic) bond motifs is 5. The quantitative estimate of drug-likeness (QED) is 0.160. The summed E-state index contributed by atoms with van der Waals surface area (Å²) in [4.78, 5) is 15.4. The van der Waals surface area contributed by atoms with Crippen LogP contribution in [-0.2, 0) is 0 Å². The maximum Gasteiger partial charge on any atom is 0.167 e. The van der Waals surface area contributed by atoms with Crippen molar-refractivity contribution < 1.29 is 4.42 Å². The number of furan rings is 1. The second kappa shape index (κ2) is 13.6. The van der Waals surface area contributed by atoms with E-state index >= 15 is 0 Å². The Morgan fingerprint density at radius 3 is 1.33 bits per heavy atom. The number of rotatable bonds is 6. The minimum absolute atomic E-state index is 0.562. The van der Waals surface area contributed by atoms with Gasteiger partial charge < -0.3 is 4.42 Å². The molecule has 0 radical (unpaired) electrons. The molecule has 57 heavy (non-hydrogen) atoms. The maximum absolute atomic E-state index is 6.46. The van der Waals surface area contributed by atoms with Crippen LogP contribution in [0.15, 0.2) is 205 Å². The summed E-state index contributed by atoms with van der Waals surface area (Å²) in [6.45, 7) is 0. The molecule has 0 N–H and O–H groups in total. The molecule has 11 rings (SSSR count). The molecule has 0 fully saturated rings. The molecule has 0 unspecified atom stereocenters. The standard InChI is InChI=1S/C53H33N3O/c1-3-16-34(17-4-1)36-20-13-21-37(32-36)48-41-25-7-9-27-43(41)49(44-28-10-8-26-42(44)48)38-22-14-23-39(33-38)52-54-51(35-18-5-2-6-19-35)55-53(56-52)46-30-15-29-45-40-24-11-12-31-47(40)57-50(45)46/h1-33H. The van der Waals surface area contributed by atoms with E-state index in [0.29, 0.717) is 17.5 Å². The fourth-order valence-electron chi connectivity index (χ4n) is 8.31. The van der Waals surface area contributed by atoms with Crippen LogP contribution in [0.5, 0.6) is 0 Å². The predicted octanol–water partition coefficient (Wildman–Crippen LogP) is 14.1. The summed E-state index contributed by atoms with van der Waals surface area (Å²) in [6.07, 6.45) is 0. The molecule has 0 aliphatic heterocycles. The van der Waals surface area contributed by atoms with Crippen LogP contribution in [0.2, 0.25) is 0 Å². The molecular weight excluding hydrogens is 695 g/mol. The van der Waals surface area contributed by atoms with Crippen molar-refractivity contribution in [3.63, 3.8) is 0 Å². The van der Waals surface area contributed by atoms with E-state index in [-0.39, 0.29) is 0 Å². The molecule has 2 heterocycles.